The lowest BCUT2D eigenvalue weighted by molar-refractivity contribution is -0.167. The van der Waals surface area contributed by atoms with Gasteiger partial charge in [0.15, 0.2) is 6.10 Å². The minimum Gasteiger partial charge on any atom is -0.462 e. The van der Waals surface area contributed by atoms with Crippen molar-refractivity contribution in [3.05, 3.63) is 72.9 Å². The largest absolute Gasteiger partial charge is 0.462 e. The zero-order chi connectivity index (χ0) is 59.9. The molecule has 0 aromatic carbocycles. The van der Waals surface area contributed by atoms with E-state index in [2.05, 4.69) is 93.7 Å². The molecule has 0 aromatic heterocycles. The Labute approximate surface area is 516 Å². The molecule has 0 saturated heterocycles. The molecule has 0 fully saturated rings. The molecule has 6 heteroatoms. The fourth-order valence-corrected chi connectivity index (χ4v) is 10.7. The molecular weight excluding hydrogens is 1020 g/mol. The number of ether oxygens (including phenoxy) is 3. The maximum absolute atomic E-state index is 13.0. The minimum absolute atomic E-state index is 0.0783. The summed E-state index contributed by atoms with van der Waals surface area (Å²) in [4.78, 5) is 38.5. The molecule has 1 unspecified atom stereocenters. The van der Waals surface area contributed by atoms with Crippen LogP contribution in [0.3, 0.4) is 0 Å². The maximum Gasteiger partial charge on any atom is 0.306 e. The first-order valence-corrected chi connectivity index (χ1v) is 36.4. The van der Waals surface area contributed by atoms with Crippen molar-refractivity contribution in [2.45, 2.75) is 386 Å². The molecule has 0 aliphatic rings. The van der Waals surface area contributed by atoms with Crippen LogP contribution in [0.1, 0.15) is 380 Å². The normalized spacial score (nSPS) is 12.5. The molecule has 1 atom stereocenters. The molecular formula is C77H138O6. The topological polar surface area (TPSA) is 78.9 Å². The highest BCUT2D eigenvalue weighted by molar-refractivity contribution is 5.71. The van der Waals surface area contributed by atoms with Gasteiger partial charge in [-0.15, -0.1) is 0 Å². The summed E-state index contributed by atoms with van der Waals surface area (Å²) in [6.07, 6.45) is 93.5. The van der Waals surface area contributed by atoms with Crippen molar-refractivity contribution >= 4 is 17.9 Å². The lowest BCUT2D eigenvalue weighted by atomic mass is 10.0. The number of hydrogen-bond donors (Lipinski definition) is 0. The zero-order valence-electron chi connectivity index (χ0n) is 55.5. The lowest BCUT2D eigenvalue weighted by Gasteiger charge is -2.18. The number of carbonyl (C=O) groups excluding carboxylic acids is 3. The molecule has 0 radical (unpaired) electrons. The Kier molecular flexibility index (Phi) is 68.6. The lowest BCUT2D eigenvalue weighted by Crippen LogP contribution is -2.30. The van der Waals surface area contributed by atoms with E-state index in [9.17, 15) is 14.4 Å². The van der Waals surface area contributed by atoms with Crippen LogP contribution in [-0.2, 0) is 28.6 Å². The summed E-state index contributed by atoms with van der Waals surface area (Å²) in [6, 6.07) is 0. The molecule has 0 bridgehead atoms. The van der Waals surface area contributed by atoms with Crippen molar-refractivity contribution in [3.63, 3.8) is 0 Å². The molecule has 0 amide bonds. The van der Waals surface area contributed by atoms with Crippen LogP contribution in [-0.4, -0.2) is 37.2 Å². The van der Waals surface area contributed by atoms with Gasteiger partial charge in [0, 0.05) is 19.3 Å². The van der Waals surface area contributed by atoms with Gasteiger partial charge < -0.3 is 14.2 Å². The van der Waals surface area contributed by atoms with Crippen LogP contribution >= 0.6 is 0 Å². The second kappa shape index (κ2) is 71.3. The minimum atomic E-state index is -0.785. The van der Waals surface area contributed by atoms with E-state index < -0.39 is 6.10 Å². The molecule has 83 heavy (non-hydrogen) atoms. The van der Waals surface area contributed by atoms with E-state index in [1.807, 2.05) is 0 Å². The zero-order valence-corrected chi connectivity index (χ0v) is 55.5. The van der Waals surface area contributed by atoms with Crippen molar-refractivity contribution in [2.24, 2.45) is 0 Å². The van der Waals surface area contributed by atoms with Crippen LogP contribution in [0.4, 0.5) is 0 Å². The number of hydrogen-bond acceptors (Lipinski definition) is 6. The number of unbranched alkanes of at least 4 members (excludes halogenated alkanes) is 44. The Bertz CT molecular complexity index is 1520. The average molecular weight is 1160 g/mol. The van der Waals surface area contributed by atoms with Crippen LogP contribution < -0.4 is 0 Å². The van der Waals surface area contributed by atoms with E-state index in [1.54, 1.807) is 0 Å². The van der Waals surface area contributed by atoms with E-state index in [0.717, 1.165) is 96.3 Å². The van der Waals surface area contributed by atoms with E-state index in [1.165, 1.54) is 244 Å². The van der Waals surface area contributed by atoms with Crippen molar-refractivity contribution in [1.82, 2.24) is 0 Å². The van der Waals surface area contributed by atoms with E-state index >= 15 is 0 Å². The summed E-state index contributed by atoms with van der Waals surface area (Å²) in [6.45, 7) is 6.67. The first-order chi connectivity index (χ1) is 41.0. The summed E-state index contributed by atoms with van der Waals surface area (Å²) in [5, 5.41) is 0. The van der Waals surface area contributed by atoms with Crippen LogP contribution in [0, 0.1) is 0 Å². The highest BCUT2D eigenvalue weighted by Gasteiger charge is 2.19. The molecule has 6 nitrogen and oxygen atoms in total. The van der Waals surface area contributed by atoms with Gasteiger partial charge in [0.05, 0.1) is 0 Å². The summed E-state index contributed by atoms with van der Waals surface area (Å²) in [7, 11) is 0. The van der Waals surface area contributed by atoms with Crippen LogP contribution in [0.25, 0.3) is 0 Å². The molecule has 0 aliphatic carbocycles. The van der Waals surface area contributed by atoms with Crippen molar-refractivity contribution in [1.29, 1.82) is 0 Å². The molecule has 482 valence electrons. The third kappa shape index (κ3) is 69.5. The quantitative estimate of drug-likeness (QED) is 0.0261. The Morgan fingerprint density at radius 1 is 0.241 bits per heavy atom. The van der Waals surface area contributed by atoms with Crippen LogP contribution in [0.2, 0.25) is 0 Å². The van der Waals surface area contributed by atoms with Gasteiger partial charge in [0.1, 0.15) is 13.2 Å². The predicted molar refractivity (Wildman–Crippen MR) is 362 cm³/mol. The standard InChI is InChI=1S/C77H138O6/c1-4-7-10-13-16-19-22-25-28-31-34-36-37-38-39-41-43-46-49-52-55-58-61-64-67-70-76(79)82-73-74(72-81-75(78)69-66-63-60-57-54-51-48-45-42-33-30-27-24-21-18-15-12-9-6-3)83-77(80)71-68-65-62-59-56-53-50-47-44-40-35-32-29-26-23-20-17-14-11-8-5-2/h22-23,25-26,31-32,34-35,37-38,44,47,74H,4-21,24,27-30,33,36,39-43,45-46,48-73H2,1-3H3/b25-22-,26-23-,34-31-,35-32-,38-37-,47-44-. The molecule has 0 saturated carbocycles. The van der Waals surface area contributed by atoms with Gasteiger partial charge in [-0.1, -0.05) is 338 Å². The SMILES string of the molecule is CCCCCCC/C=C\C/C=C\C/C=C\CCCCCCCCCCCCC(=O)OCC(COC(=O)CCCCCCCCCCCCCCCCCCCCC)OC(=O)CCCCCCCC/C=C\C/C=C\C/C=C\CCCCCCC. The molecule has 0 heterocycles. The van der Waals surface area contributed by atoms with Gasteiger partial charge >= 0.3 is 17.9 Å². The van der Waals surface area contributed by atoms with Crippen LogP contribution in [0.15, 0.2) is 72.9 Å². The van der Waals surface area contributed by atoms with E-state index in [-0.39, 0.29) is 31.1 Å². The molecule has 0 aromatic rings. The van der Waals surface area contributed by atoms with Crippen LogP contribution in [0.5, 0.6) is 0 Å². The maximum atomic E-state index is 13.0. The first-order valence-electron chi connectivity index (χ1n) is 36.4. The fourth-order valence-electron chi connectivity index (χ4n) is 10.7. The molecule has 0 aliphatic heterocycles. The Hall–Kier alpha value is -3.15. The van der Waals surface area contributed by atoms with E-state index in [4.69, 9.17) is 14.2 Å². The van der Waals surface area contributed by atoms with Gasteiger partial charge in [0.2, 0.25) is 0 Å². The average Bonchev–Trinajstić information content (AvgIpc) is 3.50. The second-order valence-corrected chi connectivity index (χ2v) is 24.5. The van der Waals surface area contributed by atoms with Gasteiger partial charge in [-0.2, -0.15) is 0 Å². The third-order valence-electron chi connectivity index (χ3n) is 16.2. The van der Waals surface area contributed by atoms with Gasteiger partial charge in [-0.3, -0.25) is 14.4 Å². The van der Waals surface area contributed by atoms with Gasteiger partial charge in [-0.05, 0) is 96.3 Å². The predicted octanol–water partition coefficient (Wildman–Crippen LogP) is 25.2. The highest BCUT2D eigenvalue weighted by atomic mass is 16.6. The van der Waals surface area contributed by atoms with Crippen molar-refractivity contribution in [3.8, 4) is 0 Å². The third-order valence-corrected chi connectivity index (χ3v) is 16.2. The summed E-state index contributed by atoms with van der Waals surface area (Å²) in [5.41, 5.74) is 0. The second-order valence-electron chi connectivity index (χ2n) is 24.5. The Morgan fingerprint density at radius 2 is 0.434 bits per heavy atom. The van der Waals surface area contributed by atoms with Crippen molar-refractivity contribution in [2.75, 3.05) is 13.2 Å². The molecule has 0 N–H and O–H groups in total. The molecule has 0 spiro atoms. The number of esters is 3. The Balaban J connectivity index is 4.37. The van der Waals surface area contributed by atoms with Gasteiger partial charge in [-0.25, -0.2) is 0 Å². The number of carbonyl (C=O) groups is 3. The Morgan fingerprint density at radius 3 is 0.675 bits per heavy atom. The van der Waals surface area contributed by atoms with Gasteiger partial charge in [0.25, 0.3) is 0 Å². The first kappa shape index (κ1) is 79.8. The summed E-state index contributed by atoms with van der Waals surface area (Å²) in [5.74, 6) is -0.871. The molecule has 0 rings (SSSR count). The number of allylic oxidation sites excluding steroid dienone is 12. The van der Waals surface area contributed by atoms with E-state index in [0.29, 0.717) is 19.3 Å². The summed E-state index contributed by atoms with van der Waals surface area (Å²) < 4.78 is 17.0. The van der Waals surface area contributed by atoms with Crippen molar-refractivity contribution < 1.29 is 28.6 Å². The monoisotopic (exact) mass is 1160 g/mol. The fraction of sp³-hybridized carbons (Fsp3) is 0.805. The number of rotatable bonds is 67. The highest BCUT2D eigenvalue weighted by Crippen LogP contribution is 2.18. The summed E-state index contributed by atoms with van der Waals surface area (Å²) >= 11 is 0. The smallest absolute Gasteiger partial charge is 0.306 e.